The number of benzene rings is 4. The van der Waals surface area contributed by atoms with Crippen LogP contribution in [0.2, 0.25) is 5.02 Å². The van der Waals surface area contributed by atoms with Crippen molar-refractivity contribution in [2.24, 2.45) is 5.84 Å². The number of carboxylic acid groups (broad SMARTS) is 1. The molecule has 2 unspecified atom stereocenters. The standard InChI is InChI=1S/C35H37ClN2O4/c1-3-4-32(27-9-11-29(12-10-27)35(41)38(37)22-21-34(39)40)33(28-13-17-30(36)18-14-28)23-42-31-19-15-26(16-20-31)25-7-5-24(2)6-8-25/h5-20,32-33H,3-4,21-23,37H2,1-2H3,(H,39,40). The van der Waals surface area contributed by atoms with Gasteiger partial charge in [-0.15, -0.1) is 0 Å². The fraction of sp³-hybridized carbons (Fsp3) is 0.257. The van der Waals surface area contributed by atoms with E-state index in [4.69, 9.17) is 27.3 Å². The number of halogens is 1. The van der Waals surface area contributed by atoms with Crippen LogP contribution in [0.1, 0.15) is 65.1 Å². The second-order valence-corrected chi connectivity index (χ2v) is 11.0. The monoisotopic (exact) mass is 584 g/mol. The van der Waals surface area contributed by atoms with Crippen LogP contribution in [0, 0.1) is 6.92 Å². The van der Waals surface area contributed by atoms with Crippen molar-refractivity contribution in [2.75, 3.05) is 13.2 Å². The molecule has 4 aromatic carbocycles. The van der Waals surface area contributed by atoms with E-state index >= 15 is 0 Å². The molecule has 218 valence electrons. The lowest BCUT2D eigenvalue weighted by molar-refractivity contribution is -0.137. The van der Waals surface area contributed by atoms with Gasteiger partial charge in [-0.1, -0.05) is 91.2 Å². The first-order chi connectivity index (χ1) is 20.2. The molecule has 0 aliphatic heterocycles. The highest BCUT2D eigenvalue weighted by atomic mass is 35.5. The molecule has 2 atom stereocenters. The Morgan fingerprint density at radius 3 is 1.95 bits per heavy atom. The average Bonchev–Trinajstić information content (AvgIpc) is 3.00. The molecule has 0 radical (unpaired) electrons. The summed E-state index contributed by atoms with van der Waals surface area (Å²) in [6.07, 6.45) is 1.67. The molecule has 0 aliphatic rings. The van der Waals surface area contributed by atoms with Gasteiger partial charge in [-0.3, -0.25) is 14.6 Å². The van der Waals surface area contributed by atoms with E-state index in [9.17, 15) is 9.59 Å². The van der Waals surface area contributed by atoms with Crippen LogP contribution >= 0.6 is 11.6 Å². The van der Waals surface area contributed by atoms with Gasteiger partial charge in [-0.05, 0) is 77.9 Å². The lowest BCUT2D eigenvalue weighted by Crippen LogP contribution is -2.38. The van der Waals surface area contributed by atoms with E-state index in [1.165, 1.54) is 5.56 Å². The zero-order valence-corrected chi connectivity index (χ0v) is 24.8. The van der Waals surface area contributed by atoms with Gasteiger partial charge >= 0.3 is 5.97 Å². The van der Waals surface area contributed by atoms with Crippen molar-refractivity contribution in [1.29, 1.82) is 0 Å². The molecule has 0 saturated carbocycles. The molecule has 1 amide bonds. The smallest absolute Gasteiger partial charge is 0.305 e. The Labute approximate surface area is 252 Å². The van der Waals surface area contributed by atoms with E-state index in [1.807, 2.05) is 48.5 Å². The van der Waals surface area contributed by atoms with Crippen LogP contribution in [0.15, 0.2) is 97.1 Å². The average molecular weight is 585 g/mol. The van der Waals surface area contributed by atoms with Crippen molar-refractivity contribution in [2.45, 2.75) is 44.9 Å². The van der Waals surface area contributed by atoms with Crippen molar-refractivity contribution in [3.63, 3.8) is 0 Å². The fourth-order valence-corrected chi connectivity index (χ4v) is 5.22. The van der Waals surface area contributed by atoms with Gasteiger partial charge in [0.1, 0.15) is 5.75 Å². The first-order valence-corrected chi connectivity index (χ1v) is 14.6. The summed E-state index contributed by atoms with van der Waals surface area (Å²) in [7, 11) is 0. The Bertz CT molecular complexity index is 1450. The molecular formula is C35H37ClN2O4. The number of nitrogens with two attached hydrogens (primary N) is 1. The van der Waals surface area contributed by atoms with E-state index in [0.29, 0.717) is 17.2 Å². The normalized spacial score (nSPS) is 12.4. The third-order valence-electron chi connectivity index (χ3n) is 7.47. The molecule has 0 bridgehead atoms. The number of carboxylic acids is 1. The summed E-state index contributed by atoms with van der Waals surface area (Å²) in [5, 5.41) is 10.5. The van der Waals surface area contributed by atoms with Crippen molar-refractivity contribution in [3.8, 4) is 16.9 Å². The van der Waals surface area contributed by atoms with Crippen LogP contribution in [0.3, 0.4) is 0 Å². The number of rotatable bonds is 13. The highest BCUT2D eigenvalue weighted by Gasteiger charge is 2.26. The van der Waals surface area contributed by atoms with Crippen LogP contribution in [0.25, 0.3) is 11.1 Å². The van der Waals surface area contributed by atoms with Crippen LogP contribution in [0.5, 0.6) is 5.75 Å². The number of nitrogens with zero attached hydrogens (tertiary/aromatic N) is 1. The maximum atomic E-state index is 12.7. The zero-order chi connectivity index (χ0) is 30.1. The molecule has 42 heavy (non-hydrogen) atoms. The van der Waals surface area contributed by atoms with Gasteiger partial charge in [0.25, 0.3) is 5.91 Å². The van der Waals surface area contributed by atoms with Gasteiger partial charge in [0, 0.05) is 23.0 Å². The summed E-state index contributed by atoms with van der Waals surface area (Å²) in [4.78, 5) is 23.6. The number of hydrazine groups is 1. The third-order valence-corrected chi connectivity index (χ3v) is 7.72. The Morgan fingerprint density at radius 2 is 1.38 bits per heavy atom. The SMILES string of the molecule is CCCC(c1ccc(C(=O)N(N)CCC(=O)O)cc1)C(COc1ccc(-c2ccc(C)cc2)cc1)c1ccc(Cl)cc1. The highest BCUT2D eigenvalue weighted by molar-refractivity contribution is 6.30. The second-order valence-electron chi connectivity index (χ2n) is 10.5. The quantitative estimate of drug-likeness (QED) is 0.0948. The summed E-state index contributed by atoms with van der Waals surface area (Å²) in [6.45, 7) is 4.64. The molecular weight excluding hydrogens is 548 g/mol. The molecule has 3 N–H and O–H groups in total. The maximum absolute atomic E-state index is 12.7. The lowest BCUT2D eigenvalue weighted by Gasteiger charge is -2.28. The maximum Gasteiger partial charge on any atom is 0.305 e. The second kappa shape index (κ2) is 14.7. The molecule has 0 heterocycles. The lowest BCUT2D eigenvalue weighted by atomic mass is 9.79. The predicted octanol–water partition coefficient (Wildman–Crippen LogP) is 7.85. The van der Waals surface area contributed by atoms with Gasteiger partial charge in [0.2, 0.25) is 0 Å². The third kappa shape index (κ3) is 8.21. The molecule has 0 aromatic heterocycles. The molecule has 0 saturated heterocycles. The van der Waals surface area contributed by atoms with Gasteiger partial charge in [-0.2, -0.15) is 0 Å². The Balaban J connectivity index is 1.55. The number of carbonyl (C=O) groups excluding carboxylic acids is 1. The summed E-state index contributed by atoms with van der Waals surface area (Å²) >= 11 is 6.22. The summed E-state index contributed by atoms with van der Waals surface area (Å²) in [5.74, 6) is 5.34. The molecule has 4 aromatic rings. The van der Waals surface area contributed by atoms with Crippen molar-refractivity contribution in [3.05, 3.63) is 124 Å². The number of ether oxygens (including phenoxy) is 1. The van der Waals surface area contributed by atoms with Crippen LogP contribution in [0.4, 0.5) is 0 Å². The van der Waals surface area contributed by atoms with E-state index in [0.717, 1.165) is 45.9 Å². The van der Waals surface area contributed by atoms with Crippen LogP contribution < -0.4 is 10.6 Å². The Hall–Kier alpha value is -4.13. The number of hydrogen-bond acceptors (Lipinski definition) is 4. The molecule has 0 fully saturated rings. The van der Waals surface area contributed by atoms with Gasteiger partial charge < -0.3 is 9.84 Å². The topological polar surface area (TPSA) is 92.9 Å². The molecule has 0 aliphatic carbocycles. The van der Waals surface area contributed by atoms with Crippen molar-refractivity contribution in [1.82, 2.24) is 5.01 Å². The van der Waals surface area contributed by atoms with E-state index in [1.54, 1.807) is 12.1 Å². The fourth-order valence-electron chi connectivity index (χ4n) is 5.10. The van der Waals surface area contributed by atoms with Crippen LogP contribution in [-0.2, 0) is 4.79 Å². The first-order valence-electron chi connectivity index (χ1n) is 14.2. The summed E-state index contributed by atoms with van der Waals surface area (Å²) in [6, 6.07) is 31.9. The van der Waals surface area contributed by atoms with Crippen LogP contribution in [-0.4, -0.2) is 35.1 Å². The minimum Gasteiger partial charge on any atom is -0.493 e. The number of amides is 1. The summed E-state index contributed by atoms with van der Waals surface area (Å²) in [5.41, 5.74) is 6.14. The van der Waals surface area contributed by atoms with Crippen molar-refractivity contribution >= 4 is 23.5 Å². The van der Waals surface area contributed by atoms with E-state index in [-0.39, 0.29) is 24.8 Å². The van der Waals surface area contributed by atoms with E-state index < -0.39 is 11.9 Å². The van der Waals surface area contributed by atoms with Gasteiger partial charge in [-0.25, -0.2) is 5.84 Å². The molecule has 7 heteroatoms. The predicted molar refractivity (Wildman–Crippen MR) is 168 cm³/mol. The number of aryl methyl sites for hydroxylation is 1. The minimum absolute atomic E-state index is 0.0297. The number of hydrogen-bond donors (Lipinski definition) is 2. The number of carbonyl (C=O) groups is 2. The van der Waals surface area contributed by atoms with Crippen molar-refractivity contribution < 1.29 is 19.4 Å². The Kier molecular flexibility index (Phi) is 10.8. The highest BCUT2D eigenvalue weighted by Crippen LogP contribution is 2.38. The molecule has 4 rings (SSSR count). The number of aliphatic carboxylic acids is 1. The molecule has 0 spiro atoms. The van der Waals surface area contributed by atoms with Gasteiger partial charge in [0.15, 0.2) is 0 Å². The Morgan fingerprint density at radius 1 is 0.833 bits per heavy atom. The molecule has 6 nitrogen and oxygen atoms in total. The zero-order valence-electron chi connectivity index (χ0n) is 24.0. The first kappa shape index (κ1) is 30.8. The van der Waals surface area contributed by atoms with Gasteiger partial charge in [0.05, 0.1) is 13.0 Å². The largest absolute Gasteiger partial charge is 0.493 e. The summed E-state index contributed by atoms with van der Waals surface area (Å²) < 4.78 is 6.39. The van der Waals surface area contributed by atoms with E-state index in [2.05, 4.69) is 50.2 Å². The minimum atomic E-state index is -1.01.